The molecule has 0 heterocycles. The van der Waals surface area contributed by atoms with Crippen LogP contribution < -0.4 is 0 Å². The highest BCUT2D eigenvalue weighted by atomic mass is 79.9. The summed E-state index contributed by atoms with van der Waals surface area (Å²) in [6.07, 6.45) is 0. The molecular formula is C14H19BrFNO3. The van der Waals surface area contributed by atoms with Gasteiger partial charge in [0.05, 0.1) is 19.3 Å². The van der Waals surface area contributed by atoms with Gasteiger partial charge in [-0.3, -0.25) is 4.79 Å². The molecule has 0 aliphatic heterocycles. The van der Waals surface area contributed by atoms with E-state index in [-0.39, 0.29) is 11.9 Å². The molecule has 6 heteroatoms. The summed E-state index contributed by atoms with van der Waals surface area (Å²) in [5, 5.41) is 0. The lowest BCUT2D eigenvalue weighted by Crippen LogP contribution is -2.43. The van der Waals surface area contributed by atoms with E-state index in [1.807, 2.05) is 6.92 Å². The zero-order valence-corrected chi connectivity index (χ0v) is 13.4. The first-order valence-electron chi connectivity index (χ1n) is 6.24. The average molecular weight is 348 g/mol. The summed E-state index contributed by atoms with van der Waals surface area (Å²) >= 11 is 3.19. The molecule has 0 aliphatic carbocycles. The number of hydrogen-bond acceptors (Lipinski definition) is 3. The molecule has 1 unspecified atom stereocenters. The van der Waals surface area contributed by atoms with E-state index in [1.165, 1.54) is 12.1 Å². The van der Waals surface area contributed by atoms with E-state index in [4.69, 9.17) is 9.47 Å². The van der Waals surface area contributed by atoms with Gasteiger partial charge < -0.3 is 14.4 Å². The highest BCUT2D eigenvalue weighted by molar-refractivity contribution is 9.10. The number of halogens is 2. The van der Waals surface area contributed by atoms with Crippen molar-refractivity contribution >= 4 is 21.8 Å². The fraction of sp³-hybridized carbons (Fsp3) is 0.500. The minimum Gasteiger partial charge on any atom is -0.383 e. The molecule has 0 radical (unpaired) electrons. The van der Waals surface area contributed by atoms with Gasteiger partial charge in [-0.1, -0.05) is 15.9 Å². The number of methoxy groups -OCH3 is 2. The van der Waals surface area contributed by atoms with Gasteiger partial charge in [0, 0.05) is 30.8 Å². The van der Waals surface area contributed by atoms with Crippen molar-refractivity contribution in [2.24, 2.45) is 0 Å². The van der Waals surface area contributed by atoms with Crippen molar-refractivity contribution in [3.05, 3.63) is 34.1 Å². The maximum absolute atomic E-state index is 13.4. The Balaban J connectivity index is 2.96. The van der Waals surface area contributed by atoms with E-state index >= 15 is 0 Å². The van der Waals surface area contributed by atoms with Gasteiger partial charge in [0.2, 0.25) is 0 Å². The summed E-state index contributed by atoms with van der Waals surface area (Å²) in [5.74, 6) is -0.694. The molecule has 0 aromatic heterocycles. The van der Waals surface area contributed by atoms with Gasteiger partial charge in [-0.15, -0.1) is 0 Å². The maximum Gasteiger partial charge on any atom is 0.254 e. The van der Waals surface area contributed by atoms with Crippen molar-refractivity contribution < 1.29 is 18.7 Å². The quantitative estimate of drug-likeness (QED) is 0.761. The van der Waals surface area contributed by atoms with E-state index in [0.717, 1.165) is 0 Å². The molecule has 1 atom stereocenters. The van der Waals surface area contributed by atoms with Crippen molar-refractivity contribution in [1.29, 1.82) is 0 Å². The SMILES string of the molecule is COCCN(C(=O)c1cc(F)cc(Br)c1)C(C)COC. The number of carbonyl (C=O) groups excluding carboxylic acids is 1. The Kier molecular flexibility index (Phi) is 7.12. The van der Waals surface area contributed by atoms with E-state index in [9.17, 15) is 9.18 Å². The van der Waals surface area contributed by atoms with E-state index in [1.54, 1.807) is 25.2 Å². The van der Waals surface area contributed by atoms with Crippen LogP contribution in [0.15, 0.2) is 22.7 Å². The number of carbonyl (C=O) groups is 1. The first kappa shape index (κ1) is 17.1. The number of nitrogens with zero attached hydrogens (tertiary/aromatic N) is 1. The molecule has 0 bridgehead atoms. The lowest BCUT2D eigenvalue weighted by Gasteiger charge is -2.28. The first-order chi connectivity index (χ1) is 9.49. The van der Waals surface area contributed by atoms with Crippen LogP contribution in [0.5, 0.6) is 0 Å². The predicted octanol–water partition coefficient (Wildman–Crippen LogP) is 2.71. The van der Waals surface area contributed by atoms with Crippen LogP contribution in [-0.2, 0) is 9.47 Å². The summed E-state index contributed by atoms with van der Waals surface area (Å²) in [4.78, 5) is 14.1. The Labute approximate surface area is 127 Å². The van der Waals surface area contributed by atoms with Gasteiger partial charge in [-0.2, -0.15) is 0 Å². The molecular weight excluding hydrogens is 329 g/mol. The van der Waals surface area contributed by atoms with Crippen LogP contribution in [0.2, 0.25) is 0 Å². The molecule has 1 amide bonds. The zero-order valence-electron chi connectivity index (χ0n) is 11.9. The van der Waals surface area contributed by atoms with Crippen LogP contribution >= 0.6 is 15.9 Å². The second-order valence-electron chi connectivity index (χ2n) is 4.45. The number of ether oxygens (including phenoxy) is 2. The monoisotopic (exact) mass is 347 g/mol. The third-order valence-corrected chi connectivity index (χ3v) is 3.30. The summed E-state index contributed by atoms with van der Waals surface area (Å²) in [6, 6.07) is 4.02. The van der Waals surface area contributed by atoms with E-state index in [2.05, 4.69) is 15.9 Å². The molecule has 1 aromatic carbocycles. The minimum absolute atomic E-state index is 0.121. The molecule has 0 saturated carbocycles. The average Bonchev–Trinajstić information content (AvgIpc) is 2.38. The van der Waals surface area contributed by atoms with Crippen molar-refractivity contribution in [1.82, 2.24) is 4.90 Å². The first-order valence-corrected chi connectivity index (χ1v) is 7.03. The zero-order chi connectivity index (χ0) is 15.1. The van der Waals surface area contributed by atoms with Gasteiger partial charge in [0.25, 0.3) is 5.91 Å². The smallest absolute Gasteiger partial charge is 0.254 e. The van der Waals surface area contributed by atoms with Crippen LogP contribution in [0.4, 0.5) is 4.39 Å². The van der Waals surface area contributed by atoms with Gasteiger partial charge >= 0.3 is 0 Å². The summed E-state index contributed by atoms with van der Waals surface area (Å²) in [6.45, 7) is 3.13. The summed E-state index contributed by atoms with van der Waals surface area (Å²) in [5.41, 5.74) is 0.302. The van der Waals surface area contributed by atoms with Crippen molar-refractivity contribution in [3.8, 4) is 0 Å². The summed E-state index contributed by atoms with van der Waals surface area (Å²) < 4.78 is 24.0. The molecule has 0 aliphatic rings. The van der Waals surface area contributed by atoms with E-state index < -0.39 is 5.82 Å². The highest BCUT2D eigenvalue weighted by Crippen LogP contribution is 2.17. The van der Waals surface area contributed by atoms with Crippen LogP contribution in [-0.4, -0.2) is 50.8 Å². The number of benzene rings is 1. The van der Waals surface area contributed by atoms with E-state index in [0.29, 0.717) is 29.8 Å². The molecule has 1 rings (SSSR count). The lowest BCUT2D eigenvalue weighted by atomic mass is 10.1. The second-order valence-corrected chi connectivity index (χ2v) is 5.37. The molecule has 112 valence electrons. The van der Waals surface area contributed by atoms with Gasteiger partial charge in [-0.25, -0.2) is 4.39 Å². The predicted molar refractivity (Wildman–Crippen MR) is 78.4 cm³/mol. The van der Waals surface area contributed by atoms with Gasteiger partial charge in [-0.05, 0) is 25.1 Å². The minimum atomic E-state index is -0.450. The third kappa shape index (κ3) is 4.85. The standard InChI is InChI=1S/C14H19BrFNO3/c1-10(9-20-3)17(4-5-19-2)14(18)11-6-12(15)8-13(16)7-11/h6-8,10H,4-5,9H2,1-3H3. The molecule has 0 fully saturated rings. The molecule has 0 saturated heterocycles. The second kappa shape index (κ2) is 8.34. The topological polar surface area (TPSA) is 38.8 Å². The van der Waals surface area contributed by atoms with Gasteiger partial charge in [0.1, 0.15) is 5.82 Å². The highest BCUT2D eigenvalue weighted by Gasteiger charge is 2.22. The Morgan fingerprint density at radius 3 is 2.60 bits per heavy atom. The van der Waals surface area contributed by atoms with Crippen LogP contribution in [0, 0.1) is 5.82 Å². The number of rotatable bonds is 7. The van der Waals surface area contributed by atoms with Crippen molar-refractivity contribution in [2.45, 2.75) is 13.0 Å². The largest absolute Gasteiger partial charge is 0.383 e. The number of hydrogen-bond donors (Lipinski definition) is 0. The Morgan fingerprint density at radius 1 is 1.35 bits per heavy atom. The molecule has 4 nitrogen and oxygen atoms in total. The fourth-order valence-corrected chi connectivity index (χ4v) is 2.35. The van der Waals surface area contributed by atoms with Gasteiger partial charge in [0.15, 0.2) is 0 Å². The Bertz CT molecular complexity index is 436. The van der Waals surface area contributed by atoms with Crippen LogP contribution in [0.3, 0.4) is 0 Å². The van der Waals surface area contributed by atoms with Crippen molar-refractivity contribution in [3.63, 3.8) is 0 Å². The third-order valence-electron chi connectivity index (χ3n) is 2.85. The Hall–Kier alpha value is -0.980. The normalized spacial score (nSPS) is 12.2. The molecule has 20 heavy (non-hydrogen) atoms. The number of amides is 1. The van der Waals surface area contributed by atoms with Crippen LogP contribution in [0.25, 0.3) is 0 Å². The van der Waals surface area contributed by atoms with Crippen LogP contribution in [0.1, 0.15) is 17.3 Å². The summed E-state index contributed by atoms with van der Waals surface area (Å²) in [7, 11) is 3.15. The molecule has 0 N–H and O–H groups in total. The molecule has 1 aromatic rings. The fourth-order valence-electron chi connectivity index (χ4n) is 1.89. The maximum atomic E-state index is 13.4. The molecule has 0 spiro atoms. The Morgan fingerprint density at radius 2 is 2.05 bits per heavy atom. The van der Waals surface area contributed by atoms with Crippen molar-refractivity contribution in [2.75, 3.05) is 34.0 Å². The lowest BCUT2D eigenvalue weighted by molar-refractivity contribution is 0.0479.